The molecule has 0 aliphatic carbocycles. The van der Waals surface area contributed by atoms with Gasteiger partial charge < -0.3 is 10.3 Å². The number of halogens is 2. The van der Waals surface area contributed by atoms with Crippen LogP contribution < -0.4 is 10.9 Å². The lowest BCUT2D eigenvalue weighted by atomic mass is 10.4. The third kappa shape index (κ3) is 3.64. The van der Waals surface area contributed by atoms with Crippen molar-refractivity contribution in [1.29, 1.82) is 0 Å². The summed E-state index contributed by atoms with van der Waals surface area (Å²) in [5.41, 5.74) is 0.564. The van der Waals surface area contributed by atoms with Crippen LogP contribution in [0.3, 0.4) is 0 Å². The Bertz CT molecular complexity index is 262. The monoisotopic (exact) mass is 210 g/mol. The van der Waals surface area contributed by atoms with E-state index in [0.717, 1.165) is 6.54 Å². The van der Waals surface area contributed by atoms with Gasteiger partial charge in [0.2, 0.25) is 0 Å². The van der Waals surface area contributed by atoms with Crippen molar-refractivity contribution in [2.75, 3.05) is 11.9 Å². The maximum atomic E-state index is 10.9. The van der Waals surface area contributed by atoms with Crippen LogP contribution in [0.2, 0.25) is 0 Å². The van der Waals surface area contributed by atoms with Gasteiger partial charge in [-0.1, -0.05) is 0 Å². The summed E-state index contributed by atoms with van der Waals surface area (Å²) >= 11 is 0. The molecule has 0 bridgehead atoms. The fourth-order valence-corrected chi connectivity index (χ4v) is 0.751. The van der Waals surface area contributed by atoms with Crippen LogP contribution in [0.1, 0.15) is 6.92 Å². The summed E-state index contributed by atoms with van der Waals surface area (Å²) in [7, 11) is 0. The van der Waals surface area contributed by atoms with Crippen LogP contribution in [0.25, 0.3) is 0 Å². The second-order valence-corrected chi connectivity index (χ2v) is 1.94. The van der Waals surface area contributed by atoms with E-state index in [4.69, 9.17) is 0 Å². The summed E-state index contributed by atoms with van der Waals surface area (Å²) in [4.78, 5) is 13.5. The Morgan fingerprint density at radius 3 is 2.67 bits per heavy atom. The zero-order valence-corrected chi connectivity index (χ0v) is 8.30. The lowest BCUT2D eigenvalue weighted by Gasteiger charge is -1.98. The third-order valence-electron chi connectivity index (χ3n) is 1.19. The normalized spacial score (nSPS) is 7.75. The zero-order chi connectivity index (χ0) is 7.40. The first-order chi connectivity index (χ1) is 4.84. The van der Waals surface area contributed by atoms with Crippen LogP contribution in [0.5, 0.6) is 0 Å². The van der Waals surface area contributed by atoms with Gasteiger partial charge in [-0.05, 0) is 19.1 Å². The van der Waals surface area contributed by atoms with E-state index in [2.05, 4.69) is 10.3 Å². The highest BCUT2D eigenvalue weighted by molar-refractivity contribution is 5.85. The lowest BCUT2D eigenvalue weighted by Crippen LogP contribution is -2.12. The molecule has 3 nitrogen and oxygen atoms in total. The minimum absolute atomic E-state index is 0. The number of hydrogen-bond donors (Lipinski definition) is 2. The molecule has 0 aliphatic heterocycles. The molecule has 0 radical (unpaired) electrons. The molecule has 1 aromatic heterocycles. The van der Waals surface area contributed by atoms with Gasteiger partial charge in [-0.25, -0.2) is 0 Å². The van der Waals surface area contributed by atoms with Gasteiger partial charge in [0.15, 0.2) is 0 Å². The summed E-state index contributed by atoms with van der Waals surface area (Å²) in [6, 6.07) is 3.54. The molecule has 0 unspecified atom stereocenters. The van der Waals surface area contributed by atoms with E-state index in [-0.39, 0.29) is 30.4 Å². The van der Waals surface area contributed by atoms with Gasteiger partial charge in [-0.2, -0.15) is 0 Å². The highest BCUT2D eigenvalue weighted by atomic mass is 35.5. The predicted molar refractivity (Wildman–Crippen MR) is 55.7 cm³/mol. The molecule has 0 fully saturated rings. The van der Waals surface area contributed by atoms with E-state index in [9.17, 15) is 4.79 Å². The first-order valence-electron chi connectivity index (χ1n) is 3.26. The van der Waals surface area contributed by atoms with Crippen molar-refractivity contribution in [2.45, 2.75) is 6.92 Å². The first kappa shape index (κ1) is 13.9. The molecule has 70 valence electrons. The van der Waals surface area contributed by atoms with Gasteiger partial charge in [0.1, 0.15) is 5.69 Å². The molecule has 0 saturated heterocycles. The average Bonchev–Trinajstić information content (AvgIpc) is 1.94. The van der Waals surface area contributed by atoms with Gasteiger partial charge in [0.25, 0.3) is 5.56 Å². The maximum absolute atomic E-state index is 10.9. The Hall–Kier alpha value is -0.670. The largest absolute Gasteiger partial charge is 0.381 e. The standard InChI is InChI=1S/C7H10N2O.2ClH/c1-2-8-6-4-3-5-9-7(6)10;;/h3-5,8H,2H2,1H3,(H,9,10);2*1H. The number of hydrogen-bond acceptors (Lipinski definition) is 2. The molecule has 0 atom stereocenters. The molecular formula is C7H12Cl2N2O. The van der Waals surface area contributed by atoms with Crippen molar-refractivity contribution in [2.24, 2.45) is 0 Å². The van der Waals surface area contributed by atoms with Crippen molar-refractivity contribution in [3.63, 3.8) is 0 Å². The minimum atomic E-state index is -0.0654. The van der Waals surface area contributed by atoms with Gasteiger partial charge >= 0.3 is 0 Å². The summed E-state index contributed by atoms with van der Waals surface area (Å²) in [6.45, 7) is 2.72. The predicted octanol–water partition coefficient (Wildman–Crippen LogP) is 1.65. The molecule has 5 heteroatoms. The molecule has 12 heavy (non-hydrogen) atoms. The van der Waals surface area contributed by atoms with E-state index >= 15 is 0 Å². The van der Waals surface area contributed by atoms with Crippen molar-refractivity contribution < 1.29 is 0 Å². The van der Waals surface area contributed by atoms with Crippen molar-refractivity contribution in [3.05, 3.63) is 28.7 Å². The van der Waals surface area contributed by atoms with Gasteiger partial charge in [-0.15, -0.1) is 24.8 Å². The first-order valence-corrected chi connectivity index (χ1v) is 3.26. The molecule has 0 saturated carbocycles. The second-order valence-electron chi connectivity index (χ2n) is 1.94. The quantitative estimate of drug-likeness (QED) is 0.781. The Morgan fingerprint density at radius 2 is 2.17 bits per heavy atom. The highest BCUT2D eigenvalue weighted by Crippen LogP contribution is 1.93. The highest BCUT2D eigenvalue weighted by Gasteiger charge is 1.91. The Labute approximate surface area is 83.4 Å². The van der Waals surface area contributed by atoms with Crippen molar-refractivity contribution in [3.8, 4) is 0 Å². The van der Waals surface area contributed by atoms with Crippen LogP contribution in [0.15, 0.2) is 23.1 Å². The van der Waals surface area contributed by atoms with E-state index in [0.29, 0.717) is 5.69 Å². The van der Waals surface area contributed by atoms with Gasteiger partial charge in [-0.3, -0.25) is 4.79 Å². The van der Waals surface area contributed by atoms with Crippen molar-refractivity contribution >= 4 is 30.5 Å². The number of pyridine rings is 1. The number of rotatable bonds is 2. The number of nitrogens with one attached hydrogen (secondary N) is 2. The molecule has 0 spiro atoms. The smallest absolute Gasteiger partial charge is 0.271 e. The topological polar surface area (TPSA) is 44.9 Å². The molecule has 0 aliphatic rings. The molecule has 1 aromatic rings. The summed E-state index contributed by atoms with van der Waals surface area (Å²) in [5.74, 6) is 0. The SMILES string of the molecule is CCNc1ccc[nH]c1=O.Cl.Cl. The van der Waals surface area contributed by atoms with Crippen molar-refractivity contribution in [1.82, 2.24) is 4.98 Å². The number of anilines is 1. The van der Waals surface area contributed by atoms with Gasteiger partial charge in [0, 0.05) is 12.7 Å². The minimum Gasteiger partial charge on any atom is -0.381 e. The molecule has 0 amide bonds. The van der Waals surface area contributed by atoms with E-state index in [1.165, 1.54) is 0 Å². The Kier molecular flexibility index (Phi) is 8.11. The Morgan fingerprint density at radius 1 is 1.50 bits per heavy atom. The van der Waals surface area contributed by atoms with E-state index in [1.807, 2.05) is 6.92 Å². The molecule has 1 rings (SSSR count). The molecule has 1 heterocycles. The van der Waals surface area contributed by atoms with E-state index in [1.54, 1.807) is 18.3 Å². The maximum Gasteiger partial charge on any atom is 0.271 e. The molecule has 2 N–H and O–H groups in total. The molecular weight excluding hydrogens is 199 g/mol. The van der Waals surface area contributed by atoms with E-state index < -0.39 is 0 Å². The average molecular weight is 211 g/mol. The van der Waals surface area contributed by atoms with Crippen LogP contribution in [-0.2, 0) is 0 Å². The number of aromatic amines is 1. The van der Waals surface area contributed by atoms with Crippen LogP contribution >= 0.6 is 24.8 Å². The van der Waals surface area contributed by atoms with Crippen LogP contribution in [-0.4, -0.2) is 11.5 Å². The fourth-order valence-electron chi connectivity index (χ4n) is 0.751. The van der Waals surface area contributed by atoms with Crippen LogP contribution in [0, 0.1) is 0 Å². The summed E-state index contributed by atoms with van der Waals surface area (Å²) in [6.07, 6.45) is 1.61. The fraction of sp³-hybridized carbons (Fsp3) is 0.286. The summed E-state index contributed by atoms with van der Waals surface area (Å²) in [5, 5.41) is 2.93. The Balaban J connectivity index is 0. The number of aromatic nitrogens is 1. The second kappa shape index (κ2) is 7.00. The zero-order valence-electron chi connectivity index (χ0n) is 6.66. The van der Waals surface area contributed by atoms with Crippen LogP contribution in [0.4, 0.5) is 5.69 Å². The van der Waals surface area contributed by atoms with Gasteiger partial charge in [0.05, 0.1) is 0 Å². The lowest BCUT2D eigenvalue weighted by molar-refractivity contribution is 1.16. The third-order valence-corrected chi connectivity index (χ3v) is 1.19. The number of H-pyrrole nitrogens is 1. The summed E-state index contributed by atoms with van der Waals surface area (Å²) < 4.78 is 0. The molecule has 0 aromatic carbocycles.